The summed E-state index contributed by atoms with van der Waals surface area (Å²) in [6.45, 7) is 0.617. The van der Waals surface area contributed by atoms with Crippen molar-refractivity contribution in [1.82, 2.24) is 0 Å². The third-order valence-corrected chi connectivity index (χ3v) is 3.56. The van der Waals surface area contributed by atoms with Crippen molar-refractivity contribution in [2.75, 3.05) is 39.4 Å². The van der Waals surface area contributed by atoms with E-state index in [1.165, 1.54) is 0 Å². The highest BCUT2D eigenvalue weighted by molar-refractivity contribution is 5.90. The third kappa shape index (κ3) is 3.09. The highest BCUT2D eigenvalue weighted by Gasteiger charge is 2.17. The van der Waals surface area contributed by atoms with Gasteiger partial charge in [0, 0.05) is 12.7 Å². The summed E-state index contributed by atoms with van der Waals surface area (Å²) >= 11 is 0. The fourth-order valence-electron chi connectivity index (χ4n) is 2.43. The molecule has 0 radical (unpaired) electrons. The van der Waals surface area contributed by atoms with E-state index in [-0.39, 0.29) is 0 Å². The van der Waals surface area contributed by atoms with Gasteiger partial charge in [-0.1, -0.05) is 6.07 Å². The summed E-state index contributed by atoms with van der Waals surface area (Å²) in [5.41, 5.74) is 16.0. The average Bonchev–Trinajstić information content (AvgIpc) is 2.55. The molecule has 5 heteroatoms. The van der Waals surface area contributed by atoms with Gasteiger partial charge in [-0.2, -0.15) is 0 Å². The van der Waals surface area contributed by atoms with Gasteiger partial charge in [0.25, 0.3) is 0 Å². The molecule has 0 aromatic heterocycles. The predicted molar refractivity (Wildman–Crippen MR) is 89.4 cm³/mol. The summed E-state index contributed by atoms with van der Waals surface area (Å²) in [5.74, 6) is 1.38. The van der Waals surface area contributed by atoms with E-state index >= 15 is 0 Å². The van der Waals surface area contributed by atoms with Crippen LogP contribution < -0.4 is 20.9 Å². The second-order valence-electron chi connectivity index (χ2n) is 4.93. The van der Waals surface area contributed by atoms with Crippen LogP contribution in [0.15, 0.2) is 30.3 Å². The molecule has 0 amide bonds. The monoisotopic (exact) mass is 302 g/mol. The first-order valence-electron chi connectivity index (χ1n) is 7.00. The lowest BCUT2D eigenvalue weighted by Crippen LogP contribution is -2.03. The molecule has 0 aliphatic heterocycles. The van der Waals surface area contributed by atoms with E-state index in [0.29, 0.717) is 29.5 Å². The number of benzene rings is 2. The molecule has 0 atom stereocenters. The van der Waals surface area contributed by atoms with E-state index in [0.717, 1.165) is 23.1 Å². The first kappa shape index (κ1) is 16.0. The second-order valence-corrected chi connectivity index (χ2v) is 4.93. The summed E-state index contributed by atoms with van der Waals surface area (Å²) in [4.78, 5) is 0. The molecule has 0 saturated heterocycles. The van der Waals surface area contributed by atoms with Gasteiger partial charge >= 0.3 is 0 Å². The molecule has 0 bridgehead atoms. The van der Waals surface area contributed by atoms with Gasteiger partial charge < -0.3 is 25.7 Å². The minimum Gasteiger partial charge on any atom is -0.496 e. The van der Waals surface area contributed by atoms with Crippen LogP contribution in [0.2, 0.25) is 0 Å². The highest BCUT2D eigenvalue weighted by atomic mass is 16.5. The number of rotatable bonds is 6. The zero-order valence-electron chi connectivity index (χ0n) is 13.2. The van der Waals surface area contributed by atoms with Crippen LogP contribution in [0.5, 0.6) is 11.5 Å². The Morgan fingerprint density at radius 2 is 1.59 bits per heavy atom. The molecule has 22 heavy (non-hydrogen) atoms. The summed E-state index contributed by atoms with van der Waals surface area (Å²) in [7, 11) is 4.91. The Labute approximate surface area is 130 Å². The Bertz CT molecular complexity index is 634. The van der Waals surface area contributed by atoms with Crippen molar-refractivity contribution in [3.63, 3.8) is 0 Å². The van der Waals surface area contributed by atoms with Gasteiger partial charge in [-0.05, 0) is 36.2 Å². The first-order valence-corrected chi connectivity index (χ1v) is 7.00. The van der Waals surface area contributed by atoms with Crippen LogP contribution in [0.1, 0.15) is 5.56 Å². The SMILES string of the molecule is COCCc1cc(N)c(N)c(-c2c(OC)cccc2OC)c1. The molecule has 0 heterocycles. The number of hydrogen-bond donors (Lipinski definition) is 2. The molecule has 0 unspecified atom stereocenters. The lowest BCUT2D eigenvalue weighted by atomic mass is 9.97. The maximum Gasteiger partial charge on any atom is 0.130 e. The van der Waals surface area contributed by atoms with Crippen molar-refractivity contribution < 1.29 is 14.2 Å². The van der Waals surface area contributed by atoms with Crippen LogP contribution in [-0.2, 0) is 11.2 Å². The maximum atomic E-state index is 6.19. The Morgan fingerprint density at radius 1 is 0.955 bits per heavy atom. The molecule has 4 N–H and O–H groups in total. The van der Waals surface area contributed by atoms with Crippen molar-refractivity contribution in [1.29, 1.82) is 0 Å². The van der Waals surface area contributed by atoms with Crippen LogP contribution >= 0.6 is 0 Å². The minimum atomic E-state index is 0.518. The van der Waals surface area contributed by atoms with Crippen LogP contribution in [0, 0.1) is 0 Å². The highest BCUT2D eigenvalue weighted by Crippen LogP contribution is 2.43. The van der Waals surface area contributed by atoms with Crippen molar-refractivity contribution in [2.24, 2.45) is 0 Å². The molecule has 0 fully saturated rings. The lowest BCUT2D eigenvalue weighted by Gasteiger charge is -2.17. The Balaban J connectivity index is 2.63. The molecule has 2 aromatic rings. The zero-order valence-corrected chi connectivity index (χ0v) is 13.2. The van der Waals surface area contributed by atoms with E-state index in [4.69, 9.17) is 25.7 Å². The van der Waals surface area contributed by atoms with Gasteiger partial charge in [-0.3, -0.25) is 0 Å². The van der Waals surface area contributed by atoms with Crippen molar-refractivity contribution in [3.8, 4) is 22.6 Å². The van der Waals surface area contributed by atoms with Crippen LogP contribution in [-0.4, -0.2) is 27.9 Å². The lowest BCUT2D eigenvalue weighted by molar-refractivity contribution is 0.202. The van der Waals surface area contributed by atoms with Gasteiger partial charge in [0.1, 0.15) is 11.5 Å². The molecule has 2 aromatic carbocycles. The van der Waals surface area contributed by atoms with Crippen LogP contribution in [0.25, 0.3) is 11.1 Å². The number of nitrogens with two attached hydrogens (primary N) is 2. The molecule has 0 aliphatic carbocycles. The molecule has 0 aliphatic rings. The summed E-state index contributed by atoms with van der Waals surface area (Å²) in [6.07, 6.45) is 0.755. The predicted octanol–water partition coefficient (Wildman–Crippen LogP) is 2.72. The minimum absolute atomic E-state index is 0.518. The standard InChI is InChI=1S/C17H22N2O3/c1-20-8-7-11-9-12(17(19)13(18)10-11)16-14(21-2)5-4-6-15(16)22-3/h4-6,9-10H,7-8,18-19H2,1-3H3. The van der Waals surface area contributed by atoms with E-state index in [9.17, 15) is 0 Å². The smallest absolute Gasteiger partial charge is 0.130 e. The van der Waals surface area contributed by atoms with E-state index < -0.39 is 0 Å². The molecule has 5 nitrogen and oxygen atoms in total. The van der Waals surface area contributed by atoms with Crippen molar-refractivity contribution >= 4 is 11.4 Å². The summed E-state index contributed by atoms with van der Waals surface area (Å²) in [6, 6.07) is 9.49. The quantitative estimate of drug-likeness (QED) is 0.802. The average molecular weight is 302 g/mol. The Hall–Kier alpha value is -2.40. The van der Waals surface area contributed by atoms with Crippen molar-refractivity contribution in [3.05, 3.63) is 35.9 Å². The third-order valence-electron chi connectivity index (χ3n) is 3.56. The maximum absolute atomic E-state index is 6.19. The second kappa shape index (κ2) is 7.04. The van der Waals surface area contributed by atoms with Gasteiger partial charge in [0.15, 0.2) is 0 Å². The molecular weight excluding hydrogens is 280 g/mol. The topological polar surface area (TPSA) is 79.7 Å². The Morgan fingerprint density at radius 3 is 2.14 bits per heavy atom. The number of ether oxygens (including phenoxy) is 3. The molecule has 0 saturated carbocycles. The molecular formula is C17H22N2O3. The molecule has 2 rings (SSSR count). The van der Waals surface area contributed by atoms with E-state index in [2.05, 4.69) is 0 Å². The van der Waals surface area contributed by atoms with E-state index in [1.54, 1.807) is 21.3 Å². The zero-order chi connectivity index (χ0) is 16.1. The van der Waals surface area contributed by atoms with Gasteiger partial charge in [-0.15, -0.1) is 0 Å². The fourth-order valence-corrected chi connectivity index (χ4v) is 2.43. The number of anilines is 2. The van der Waals surface area contributed by atoms with E-state index in [1.807, 2.05) is 30.3 Å². The van der Waals surface area contributed by atoms with Gasteiger partial charge in [-0.25, -0.2) is 0 Å². The number of hydrogen-bond acceptors (Lipinski definition) is 5. The van der Waals surface area contributed by atoms with Gasteiger partial charge in [0.05, 0.1) is 37.8 Å². The van der Waals surface area contributed by atoms with Crippen LogP contribution in [0.4, 0.5) is 11.4 Å². The molecule has 0 spiro atoms. The first-order chi connectivity index (χ1) is 10.6. The summed E-state index contributed by atoms with van der Waals surface area (Å²) < 4.78 is 16.0. The number of methoxy groups -OCH3 is 3. The normalized spacial score (nSPS) is 10.5. The number of nitrogen functional groups attached to an aromatic ring is 2. The Kier molecular flexibility index (Phi) is 5.12. The largest absolute Gasteiger partial charge is 0.496 e. The molecule has 118 valence electrons. The summed E-state index contributed by atoms with van der Waals surface area (Å²) in [5, 5.41) is 0. The van der Waals surface area contributed by atoms with Crippen molar-refractivity contribution in [2.45, 2.75) is 6.42 Å². The van der Waals surface area contributed by atoms with Gasteiger partial charge in [0.2, 0.25) is 0 Å². The van der Waals surface area contributed by atoms with Crippen LogP contribution in [0.3, 0.4) is 0 Å². The fraction of sp³-hybridized carbons (Fsp3) is 0.294.